The molecule has 0 spiro atoms. The molecule has 0 aliphatic carbocycles. The smallest absolute Gasteiger partial charge is 0.267 e. The Morgan fingerprint density at radius 1 is 1.27 bits per heavy atom. The number of fused-ring (bicyclic) bond motifs is 1. The highest BCUT2D eigenvalue weighted by molar-refractivity contribution is 7.92. The van der Waals surface area contributed by atoms with E-state index in [0.29, 0.717) is 17.1 Å². The molecule has 2 aromatic rings. The van der Waals surface area contributed by atoms with E-state index in [9.17, 15) is 8.42 Å². The summed E-state index contributed by atoms with van der Waals surface area (Å²) in [6.45, 7) is 7.11. The summed E-state index contributed by atoms with van der Waals surface area (Å²) in [6.07, 6.45) is 0.739. The van der Waals surface area contributed by atoms with Crippen LogP contribution in [0.5, 0.6) is 5.75 Å². The van der Waals surface area contributed by atoms with Gasteiger partial charge in [-0.15, -0.1) is 0 Å². The zero-order valence-electron chi connectivity index (χ0n) is 12.9. The van der Waals surface area contributed by atoms with Crippen LogP contribution in [0.25, 0.3) is 0 Å². The molecule has 0 atom stereocenters. The molecule has 22 heavy (non-hydrogen) atoms. The molecular weight excluding hydrogens is 304 g/mol. The summed E-state index contributed by atoms with van der Waals surface area (Å²) < 4.78 is 38.6. The lowest BCUT2D eigenvalue weighted by molar-refractivity contribution is 0.139. The van der Waals surface area contributed by atoms with Gasteiger partial charge in [0.1, 0.15) is 17.0 Å². The highest BCUT2D eigenvalue weighted by atomic mass is 32.2. The maximum absolute atomic E-state index is 12.6. The zero-order valence-corrected chi connectivity index (χ0v) is 13.7. The Kier molecular flexibility index (Phi) is 3.21. The van der Waals surface area contributed by atoms with E-state index in [0.717, 1.165) is 12.0 Å². The van der Waals surface area contributed by atoms with E-state index in [2.05, 4.69) is 9.88 Å². The van der Waals surface area contributed by atoms with Gasteiger partial charge in [-0.05, 0) is 33.8 Å². The fourth-order valence-corrected chi connectivity index (χ4v) is 4.14. The van der Waals surface area contributed by atoms with Gasteiger partial charge >= 0.3 is 0 Å². The topological polar surface area (TPSA) is 81.4 Å². The van der Waals surface area contributed by atoms with E-state index in [1.807, 2.05) is 26.0 Å². The molecule has 2 heterocycles. The number of sulfonamides is 1. The Morgan fingerprint density at radius 3 is 2.64 bits per heavy atom. The molecule has 3 rings (SSSR count). The van der Waals surface area contributed by atoms with Gasteiger partial charge in [0.2, 0.25) is 0 Å². The molecule has 1 N–H and O–H groups in total. The molecule has 1 aromatic heterocycles. The SMILES string of the molecule is Cc1noc(C)c1S(=O)(=O)Nc1cccc2c1OC(C)(C)C2. The largest absolute Gasteiger partial charge is 0.485 e. The molecule has 0 saturated heterocycles. The average molecular weight is 322 g/mol. The molecule has 0 fully saturated rings. The number of rotatable bonds is 3. The van der Waals surface area contributed by atoms with Gasteiger partial charge in [-0.3, -0.25) is 4.72 Å². The number of ether oxygens (including phenoxy) is 1. The van der Waals surface area contributed by atoms with Gasteiger partial charge in [0, 0.05) is 12.0 Å². The highest BCUT2D eigenvalue weighted by Gasteiger charge is 2.33. The summed E-state index contributed by atoms with van der Waals surface area (Å²) in [6, 6.07) is 5.45. The van der Waals surface area contributed by atoms with Crippen molar-refractivity contribution in [3.8, 4) is 5.75 Å². The standard InChI is InChI=1S/C15H18N2O4S/c1-9-14(10(2)21-16-9)22(18,19)17-12-7-5-6-11-8-15(3,4)20-13(11)12/h5-7,17H,8H2,1-4H3. The maximum atomic E-state index is 12.6. The Balaban J connectivity index is 2.01. The van der Waals surface area contributed by atoms with E-state index in [1.54, 1.807) is 19.9 Å². The van der Waals surface area contributed by atoms with Crippen LogP contribution in [0.15, 0.2) is 27.6 Å². The molecule has 6 nitrogen and oxygen atoms in total. The zero-order chi connectivity index (χ0) is 16.1. The van der Waals surface area contributed by atoms with Gasteiger partial charge in [-0.25, -0.2) is 8.42 Å². The number of hydrogen-bond donors (Lipinski definition) is 1. The van der Waals surface area contributed by atoms with Crippen LogP contribution < -0.4 is 9.46 Å². The van der Waals surface area contributed by atoms with Crippen LogP contribution in [0, 0.1) is 13.8 Å². The molecule has 0 amide bonds. The third kappa shape index (κ3) is 2.45. The second-order valence-electron chi connectivity index (χ2n) is 6.09. The number of nitrogens with zero attached hydrogens (tertiary/aromatic N) is 1. The normalized spacial score (nSPS) is 16.2. The van der Waals surface area contributed by atoms with E-state index in [-0.39, 0.29) is 16.3 Å². The van der Waals surface area contributed by atoms with Crippen molar-refractivity contribution in [2.24, 2.45) is 0 Å². The minimum Gasteiger partial charge on any atom is -0.485 e. The summed E-state index contributed by atoms with van der Waals surface area (Å²) in [5.74, 6) is 0.849. The van der Waals surface area contributed by atoms with Gasteiger partial charge in [-0.2, -0.15) is 0 Å². The Morgan fingerprint density at radius 2 is 2.00 bits per heavy atom. The molecular formula is C15H18N2O4S. The quantitative estimate of drug-likeness (QED) is 0.939. The van der Waals surface area contributed by atoms with Gasteiger partial charge in [0.25, 0.3) is 10.0 Å². The summed E-state index contributed by atoms with van der Waals surface area (Å²) in [4.78, 5) is 0.0716. The molecule has 7 heteroatoms. The Labute approximate surface area is 129 Å². The molecule has 0 unspecified atom stereocenters. The van der Waals surface area contributed by atoms with Crippen molar-refractivity contribution in [2.45, 2.75) is 44.6 Å². The molecule has 1 aromatic carbocycles. The predicted octanol–water partition coefficient (Wildman–Crippen LogP) is 2.81. The van der Waals surface area contributed by atoms with Crippen molar-refractivity contribution in [2.75, 3.05) is 4.72 Å². The van der Waals surface area contributed by atoms with E-state index in [1.165, 1.54) is 0 Å². The molecule has 0 radical (unpaired) electrons. The summed E-state index contributed by atoms with van der Waals surface area (Å²) >= 11 is 0. The average Bonchev–Trinajstić information content (AvgIpc) is 2.88. The lowest BCUT2D eigenvalue weighted by atomic mass is 10.0. The van der Waals surface area contributed by atoms with E-state index >= 15 is 0 Å². The van der Waals surface area contributed by atoms with Crippen LogP contribution in [-0.2, 0) is 16.4 Å². The first kappa shape index (κ1) is 14.9. The summed E-state index contributed by atoms with van der Waals surface area (Å²) in [5, 5.41) is 3.69. The fourth-order valence-electron chi connectivity index (χ4n) is 2.75. The van der Waals surface area contributed by atoms with Crippen molar-refractivity contribution in [3.05, 3.63) is 35.2 Å². The van der Waals surface area contributed by atoms with E-state index in [4.69, 9.17) is 9.26 Å². The van der Waals surface area contributed by atoms with Gasteiger partial charge in [0.15, 0.2) is 10.7 Å². The number of anilines is 1. The lowest BCUT2D eigenvalue weighted by Crippen LogP contribution is -2.25. The minimum absolute atomic E-state index is 0.0716. The number of para-hydroxylation sites is 1. The maximum Gasteiger partial charge on any atom is 0.267 e. The van der Waals surface area contributed by atoms with Crippen LogP contribution in [0.3, 0.4) is 0 Å². The second-order valence-corrected chi connectivity index (χ2v) is 7.71. The van der Waals surface area contributed by atoms with Crippen LogP contribution in [0.2, 0.25) is 0 Å². The van der Waals surface area contributed by atoms with Gasteiger partial charge in [0.05, 0.1) is 5.69 Å². The first-order chi connectivity index (χ1) is 10.2. The first-order valence-corrected chi connectivity index (χ1v) is 8.44. The van der Waals surface area contributed by atoms with Gasteiger partial charge < -0.3 is 9.26 Å². The van der Waals surface area contributed by atoms with Crippen LogP contribution >= 0.6 is 0 Å². The molecule has 0 bridgehead atoms. The molecule has 118 valence electrons. The van der Waals surface area contributed by atoms with Crippen molar-refractivity contribution in [1.82, 2.24) is 5.16 Å². The number of aromatic nitrogens is 1. The number of nitrogens with one attached hydrogen (secondary N) is 1. The molecule has 1 aliphatic rings. The number of hydrogen-bond acceptors (Lipinski definition) is 5. The molecule has 0 saturated carbocycles. The Hall–Kier alpha value is -2.02. The van der Waals surface area contributed by atoms with Crippen molar-refractivity contribution < 1.29 is 17.7 Å². The fraction of sp³-hybridized carbons (Fsp3) is 0.400. The van der Waals surface area contributed by atoms with Crippen molar-refractivity contribution >= 4 is 15.7 Å². The summed E-state index contributed by atoms with van der Waals surface area (Å²) in [7, 11) is -3.78. The first-order valence-electron chi connectivity index (χ1n) is 6.96. The second kappa shape index (κ2) is 4.74. The van der Waals surface area contributed by atoms with Gasteiger partial charge in [-0.1, -0.05) is 17.3 Å². The molecule has 1 aliphatic heterocycles. The third-order valence-corrected chi connectivity index (χ3v) is 5.18. The van der Waals surface area contributed by atoms with Crippen molar-refractivity contribution in [3.63, 3.8) is 0 Å². The highest BCUT2D eigenvalue weighted by Crippen LogP contribution is 2.41. The number of aryl methyl sites for hydroxylation is 2. The van der Waals surface area contributed by atoms with Crippen LogP contribution in [-0.4, -0.2) is 19.2 Å². The Bertz CT molecular complexity index is 818. The third-order valence-electron chi connectivity index (χ3n) is 3.57. The lowest BCUT2D eigenvalue weighted by Gasteiger charge is -2.18. The summed E-state index contributed by atoms with van der Waals surface area (Å²) in [5.41, 5.74) is 1.42. The number of benzene rings is 1. The predicted molar refractivity (Wildman–Crippen MR) is 81.6 cm³/mol. The van der Waals surface area contributed by atoms with Crippen LogP contribution in [0.4, 0.5) is 5.69 Å². The monoisotopic (exact) mass is 322 g/mol. The van der Waals surface area contributed by atoms with Crippen molar-refractivity contribution in [1.29, 1.82) is 0 Å². The van der Waals surface area contributed by atoms with E-state index < -0.39 is 10.0 Å². The van der Waals surface area contributed by atoms with Crippen LogP contribution in [0.1, 0.15) is 30.9 Å². The minimum atomic E-state index is -3.78.